The summed E-state index contributed by atoms with van der Waals surface area (Å²) in [4.78, 5) is 0.0507. The Morgan fingerprint density at radius 1 is 1.30 bits per heavy atom. The molecule has 108 valence electrons. The lowest BCUT2D eigenvalue weighted by Crippen LogP contribution is -2.26. The van der Waals surface area contributed by atoms with Gasteiger partial charge in [0.2, 0.25) is 10.0 Å². The quantitative estimate of drug-likeness (QED) is 0.917. The van der Waals surface area contributed by atoms with Crippen LogP contribution in [0.1, 0.15) is 11.3 Å². The zero-order valence-corrected chi connectivity index (χ0v) is 12.9. The molecule has 1 heterocycles. The van der Waals surface area contributed by atoms with Gasteiger partial charge in [0.25, 0.3) is 0 Å². The fourth-order valence-corrected chi connectivity index (χ4v) is 3.74. The number of halogens is 1. The van der Waals surface area contributed by atoms with Crippen molar-refractivity contribution in [2.24, 2.45) is 7.05 Å². The molecule has 0 aliphatic rings. The van der Waals surface area contributed by atoms with Crippen molar-refractivity contribution in [3.63, 3.8) is 0 Å². The highest BCUT2D eigenvalue weighted by atomic mass is 35.5. The molecule has 0 aliphatic heterocycles. The van der Waals surface area contributed by atoms with Gasteiger partial charge in [0.1, 0.15) is 10.0 Å². The molecule has 0 amide bonds. The van der Waals surface area contributed by atoms with E-state index < -0.39 is 10.0 Å². The maximum Gasteiger partial charge on any atom is 0.245 e. The van der Waals surface area contributed by atoms with E-state index in [1.807, 2.05) is 30.3 Å². The van der Waals surface area contributed by atoms with Crippen LogP contribution in [0.5, 0.6) is 0 Å². The molecule has 1 N–H and O–H groups in total. The molecular weight excluding hydrogens is 298 g/mol. The van der Waals surface area contributed by atoms with E-state index in [-0.39, 0.29) is 10.0 Å². The lowest BCUT2D eigenvalue weighted by Gasteiger charge is -2.06. The molecule has 0 atom stereocenters. The van der Waals surface area contributed by atoms with Gasteiger partial charge in [-0.15, -0.1) is 0 Å². The Kier molecular flexibility index (Phi) is 4.47. The monoisotopic (exact) mass is 313 g/mol. The minimum Gasteiger partial charge on any atom is -0.255 e. The van der Waals surface area contributed by atoms with Crippen molar-refractivity contribution in [3.8, 4) is 0 Å². The van der Waals surface area contributed by atoms with E-state index in [9.17, 15) is 8.42 Å². The molecule has 0 saturated carbocycles. The second kappa shape index (κ2) is 5.95. The van der Waals surface area contributed by atoms with Gasteiger partial charge in [-0.25, -0.2) is 13.1 Å². The van der Waals surface area contributed by atoms with E-state index >= 15 is 0 Å². The average molecular weight is 314 g/mol. The van der Waals surface area contributed by atoms with Gasteiger partial charge in [-0.1, -0.05) is 41.9 Å². The van der Waals surface area contributed by atoms with Crippen LogP contribution in [0.3, 0.4) is 0 Å². The summed E-state index contributed by atoms with van der Waals surface area (Å²) in [6.07, 6.45) is 0.622. The zero-order chi connectivity index (χ0) is 14.8. The fraction of sp³-hybridized carbons (Fsp3) is 0.308. The second-order valence-corrected chi connectivity index (χ2v) is 6.52. The van der Waals surface area contributed by atoms with Gasteiger partial charge in [-0.2, -0.15) is 5.10 Å². The third-order valence-corrected chi connectivity index (χ3v) is 5.07. The molecular formula is C13H16ClN3O2S. The van der Waals surface area contributed by atoms with E-state index in [2.05, 4.69) is 9.82 Å². The van der Waals surface area contributed by atoms with Gasteiger partial charge in [0.05, 0.1) is 5.69 Å². The minimum absolute atomic E-state index is 0.0507. The Labute approximate surface area is 123 Å². The lowest BCUT2D eigenvalue weighted by molar-refractivity contribution is 0.581. The van der Waals surface area contributed by atoms with Gasteiger partial charge < -0.3 is 0 Å². The van der Waals surface area contributed by atoms with Crippen LogP contribution in [0.25, 0.3) is 0 Å². The van der Waals surface area contributed by atoms with Crippen LogP contribution in [-0.2, 0) is 23.5 Å². The van der Waals surface area contributed by atoms with Crippen LogP contribution in [0.2, 0.25) is 5.15 Å². The summed E-state index contributed by atoms with van der Waals surface area (Å²) in [5.74, 6) is 0. The summed E-state index contributed by atoms with van der Waals surface area (Å²) in [5, 5.41) is 4.13. The lowest BCUT2D eigenvalue weighted by atomic mass is 10.2. The Bertz CT molecular complexity index is 696. The second-order valence-electron chi connectivity index (χ2n) is 4.46. The molecule has 1 aromatic carbocycles. The molecule has 7 heteroatoms. The number of rotatable bonds is 5. The smallest absolute Gasteiger partial charge is 0.245 e. The van der Waals surface area contributed by atoms with Gasteiger partial charge in [-0.3, -0.25) is 4.68 Å². The number of aromatic nitrogens is 2. The van der Waals surface area contributed by atoms with Gasteiger partial charge in [0, 0.05) is 13.6 Å². The number of benzene rings is 1. The van der Waals surface area contributed by atoms with Crippen molar-refractivity contribution in [2.75, 3.05) is 6.54 Å². The molecule has 0 saturated heterocycles. The van der Waals surface area contributed by atoms with Crippen LogP contribution in [0.4, 0.5) is 0 Å². The van der Waals surface area contributed by atoms with Gasteiger partial charge in [0.15, 0.2) is 0 Å². The molecule has 0 aliphatic carbocycles. The highest BCUT2D eigenvalue weighted by Crippen LogP contribution is 2.23. The third kappa shape index (κ3) is 3.20. The number of aryl methyl sites for hydroxylation is 2. The van der Waals surface area contributed by atoms with Crippen molar-refractivity contribution in [1.29, 1.82) is 0 Å². The molecule has 0 radical (unpaired) electrons. The normalized spacial score (nSPS) is 11.8. The Hall–Kier alpha value is -1.37. The van der Waals surface area contributed by atoms with E-state index in [0.29, 0.717) is 18.7 Å². The molecule has 20 heavy (non-hydrogen) atoms. The largest absolute Gasteiger partial charge is 0.255 e. The summed E-state index contributed by atoms with van der Waals surface area (Å²) in [7, 11) is -2.03. The van der Waals surface area contributed by atoms with Crippen LogP contribution in [-0.4, -0.2) is 24.7 Å². The predicted molar refractivity (Wildman–Crippen MR) is 78.3 cm³/mol. The van der Waals surface area contributed by atoms with Crippen LogP contribution >= 0.6 is 11.6 Å². The number of nitrogens with one attached hydrogen (secondary N) is 1. The first-order valence-corrected chi connectivity index (χ1v) is 8.00. The summed E-state index contributed by atoms with van der Waals surface area (Å²) >= 11 is 5.98. The first kappa shape index (κ1) is 15.0. The molecule has 0 bridgehead atoms. The summed E-state index contributed by atoms with van der Waals surface area (Å²) in [6, 6.07) is 9.68. The molecule has 1 aromatic heterocycles. The zero-order valence-electron chi connectivity index (χ0n) is 11.3. The van der Waals surface area contributed by atoms with Gasteiger partial charge >= 0.3 is 0 Å². The van der Waals surface area contributed by atoms with E-state index in [4.69, 9.17) is 11.6 Å². The van der Waals surface area contributed by atoms with Crippen molar-refractivity contribution in [1.82, 2.24) is 14.5 Å². The molecule has 0 spiro atoms. The van der Waals surface area contributed by atoms with Crippen molar-refractivity contribution in [3.05, 3.63) is 46.7 Å². The third-order valence-electron chi connectivity index (χ3n) is 2.92. The van der Waals surface area contributed by atoms with Crippen LogP contribution < -0.4 is 4.72 Å². The molecule has 2 aromatic rings. The van der Waals surface area contributed by atoms with Crippen LogP contribution in [0, 0.1) is 6.92 Å². The minimum atomic E-state index is -3.64. The fourth-order valence-electron chi connectivity index (χ4n) is 1.96. The number of hydrogen-bond donors (Lipinski definition) is 1. The molecule has 0 unspecified atom stereocenters. The van der Waals surface area contributed by atoms with E-state index in [1.165, 1.54) is 4.68 Å². The summed E-state index contributed by atoms with van der Waals surface area (Å²) in [5.41, 5.74) is 1.47. The standard InChI is InChI=1S/C13H16ClN3O2S/c1-10-12(13(14)17(2)16-10)20(18,19)15-9-8-11-6-4-3-5-7-11/h3-7,15H,8-9H2,1-2H3. The number of hydrogen-bond acceptors (Lipinski definition) is 3. The summed E-state index contributed by atoms with van der Waals surface area (Å²) < 4.78 is 28.4. The maximum atomic E-state index is 12.2. The van der Waals surface area contributed by atoms with E-state index in [0.717, 1.165) is 5.56 Å². The SMILES string of the molecule is Cc1nn(C)c(Cl)c1S(=O)(=O)NCCc1ccccc1. The first-order valence-electron chi connectivity index (χ1n) is 6.14. The highest BCUT2D eigenvalue weighted by molar-refractivity contribution is 7.89. The van der Waals surface area contributed by atoms with Crippen molar-refractivity contribution >= 4 is 21.6 Å². The Balaban J connectivity index is 2.08. The molecule has 2 rings (SSSR count). The maximum absolute atomic E-state index is 12.2. The van der Waals surface area contributed by atoms with Crippen molar-refractivity contribution in [2.45, 2.75) is 18.2 Å². The first-order chi connectivity index (χ1) is 9.42. The number of sulfonamides is 1. The van der Waals surface area contributed by atoms with Crippen molar-refractivity contribution < 1.29 is 8.42 Å². The highest BCUT2D eigenvalue weighted by Gasteiger charge is 2.24. The Morgan fingerprint density at radius 3 is 2.50 bits per heavy atom. The van der Waals surface area contributed by atoms with Gasteiger partial charge in [-0.05, 0) is 18.9 Å². The Morgan fingerprint density at radius 2 is 1.95 bits per heavy atom. The van der Waals surface area contributed by atoms with Crippen LogP contribution in [0.15, 0.2) is 35.2 Å². The van der Waals surface area contributed by atoms with E-state index in [1.54, 1.807) is 14.0 Å². The molecule has 0 fully saturated rings. The predicted octanol–water partition coefficient (Wildman–Crippen LogP) is 1.90. The number of nitrogens with zero attached hydrogens (tertiary/aromatic N) is 2. The molecule has 5 nitrogen and oxygen atoms in total. The topological polar surface area (TPSA) is 64.0 Å². The summed E-state index contributed by atoms with van der Waals surface area (Å²) in [6.45, 7) is 1.94. The average Bonchev–Trinajstić information content (AvgIpc) is 2.64.